The van der Waals surface area contributed by atoms with Crippen molar-refractivity contribution in [3.05, 3.63) is 62.5 Å². The lowest BCUT2D eigenvalue weighted by Gasteiger charge is -2.23. The van der Waals surface area contributed by atoms with Crippen LogP contribution in [-0.4, -0.2) is 32.1 Å². The molecule has 0 bridgehead atoms. The molecule has 7 nitrogen and oxygen atoms in total. The molecule has 2 amide bonds. The molecule has 1 fully saturated rings. The number of carbonyl (C=O) groups is 1. The van der Waals surface area contributed by atoms with Gasteiger partial charge < -0.3 is 10.2 Å². The SMILES string of the molecule is CCc1c(C)nc2sc([C@H]3CCCN3C(=O)NCc3ccccc3)nn2c1=O. The lowest BCUT2D eigenvalue weighted by Crippen LogP contribution is -2.39. The van der Waals surface area contributed by atoms with Crippen molar-refractivity contribution in [1.29, 1.82) is 0 Å². The van der Waals surface area contributed by atoms with Crippen molar-refractivity contribution in [3.63, 3.8) is 0 Å². The van der Waals surface area contributed by atoms with Crippen LogP contribution in [-0.2, 0) is 13.0 Å². The number of hydrogen-bond acceptors (Lipinski definition) is 5. The molecule has 0 saturated carbocycles. The Kier molecular flexibility index (Phi) is 5.13. The molecule has 3 heterocycles. The minimum absolute atomic E-state index is 0.101. The fourth-order valence-electron chi connectivity index (χ4n) is 3.68. The number of benzene rings is 1. The smallest absolute Gasteiger partial charge is 0.318 e. The van der Waals surface area contributed by atoms with Crippen LogP contribution >= 0.6 is 11.3 Å². The summed E-state index contributed by atoms with van der Waals surface area (Å²) in [6.45, 7) is 4.98. The van der Waals surface area contributed by atoms with E-state index in [0.29, 0.717) is 30.0 Å². The van der Waals surface area contributed by atoms with Gasteiger partial charge in [-0.25, -0.2) is 9.78 Å². The van der Waals surface area contributed by atoms with Crippen molar-refractivity contribution in [2.24, 2.45) is 0 Å². The van der Waals surface area contributed by atoms with Gasteiger partial charge in [-0.3, -0.25) is 4.79 Å². The zero-order chi connectivity index (χ0) is 19.7. The van der Waals surface area contributed by atoms with Crippen molar-refractivity contribution >= 4 is 22.3 Å². The number of nitrogens with one attached hydrogen (secondary N) is 1. The lowest BCUT2D eigenvalue weighted by molar-refractivity contribution is 0.192. The van der Waals surface area contributed by atoms with Crippen molar-refractivity contribution in [3.8, 4) is 0 Å². The van der Waals surface area contributed by atoms with Crippen LogP contribution in [0.2, 0.25) is 0 Å². The van der Waals surface area contributed by atoms with Gasteiger partial charge in [0.25, 0.3) is 5.56 Å². The van der Waals surface area contributed by atoms with Gasteiger partial charge in [-0.15, -0.1) is 0 Å². The summed E-state index contributed by atoms with van der Waals surface area (Å²) in [7, 11) is 0. The van der Waals surface area contributed by atoms with Gasteiger partial charge >= 0.3 is 6.03 Å². The van der Waals surface area contributed by atoms with Crippen LogP contribution in [0.4, 0.5) is 4.79 Å². The standard InChI is InChI=1S/C20H23N5O2S/c1-3-15-13(2)22-20-25(18(15)26)23-17(28-20)16-10-7-11-24(16)19(27)21-12-14-8-5-4-6-9-14/h4-6,8-9,16H,3,7,10-12H2,1-2H3,(H,21,27)/t16-/m1/s1. The van der Waals surface area contributed by atoms with E-state index in [1.54, 1.807) is 0 Å². The van der Waals surface area contributed by atoms with Gasteiger partial charge in [0.2, 0.25) is 4.96 Å². The van der Waals surface area contributed by atoms with Crippen molar-refractivity contribution in [1.82, 2.24) is 24.8 Å². The Labute approximate surface area is 167 Å². The molecular weight excluding hydrogens is 374 g/mol. The number of aryl methyl sites for hydroxylation is 1. The van der Waals surface area contributed by atoms with Crippen LogP contribution in [0.25, 0.3) is 4.96 Å². The van der Waals surface area contributed by atoms with E-state index in [4.69, 9.17) is 0 Å². The molecule has 0 unspecified atom stereocenters. The van der Waals surface area contributed by atoms with Gasteiger partial charge in [-0.05, 0) is 31.7 Å². The Morgan fingerprint density at radius 2 is 2.11 bits per heavy atom. The molecule has 1 N–H and O–H groups in total. The second-order valence-corrected chi connectivity index (χ2v) is 7.95. The first-order valence-corrected chi connectivity index (χ1v) is 10.4. The average molecular weight is 398 g/mol. The Bertz CT molecular complexity index is 1060. The number of nitrogens with zero attached hydrogens (tertiary/aromatic N) is 4. The number of amides is 2. The first kappa shape index (κ1) is 18.6. The molecule has 0 radical (unpaired) electrons. The van der Waals surface area contributed by atoms with E-state index in [1.165, 1.54) is 15.9 Å². The summed E-state index contributed by atoms with van der Waals surface area (Å²) in [5, 5.41) is 8.29. The molecule has 0 spiro atoms. The van der Waals surface area contributed by atoms with Gasteiger partial charge in [0.15, 0.2) is 0 Å². The Morgan fingerprint density at radius 3 is 2.86 bits per heavy atom. The summed E-state index contributed by atoms with van der Waals surface area (Å²) in [6, 6.07) is 9.62. The molecular formula is C20H23N5O2S. The maximum atomic E-state index is 12.7. The fraction of sp³-hybridized carbons (Fsp3) is 0.400. The highest BCUT2D eigenvalue weighted by molar-refractivity contribution is 7.16. The first-order chi connectivity index (χ1) is 13.6. The van der Waals surface area contributed by atoms with Crippen LogP contribution in [0.5, 0.6) is 0 Å². The Balaban J connectivity index is 1.57. The number of urea groups is 1. The summed E-state index contributed by atoms with van der Waals surface area (Å²) in [6.07, 6.45) is 2.39. The monoisotopic (exact) mass is 397 g/mol. The third-order valence-electron chi connectivity index (χ3n) is 5.17. The van der Waals surface area contributed by atoms with Gasteiger partial charge in [0, 0.05) is 24.3 Å². The largest absolute Gasteiger partial charge is 0.334 e. The second kappa shape index (κ2) is 7.71. The molecule has 1 aliphatic rings. The van der Waals surface area contributed by atoms with E-state index in [9.17, 15) is 9.59 Å². The zero-order valence-corrected chi connectivity index (χ0v) is 16.8. The third kappa shape index (κ3) is 3.40. The number of aromatic nitrogens is 3. The number of carbonyl (C=O) groups excluding carboxylic acids is 1. The molecule has 28 heavy (non-hydrogen) atoms. The summed E-state index contributed by atoms with van der Waals surface area (Å²) in [4.78, 5) is 32.4. The average Bonchev–Trinajstić information content (AvgIpc) is 3.34. The number of hydrogen-bond donors (Lipinski definition) is 1. The van der Waals surface area contributed by atoms with Crippen LogP contribution < -0.4 is 10.9 Å². The normalized spacial score (nSPS) is 16.6. The molecule has 1 aromatic carbocycles. The minimum atomic E-state index is -0.118. The summed E-state index contributed by atoms with van der Waals surface area (Å²) in [5.74, 6) is 0. The molecule has 3 aromatic rings. The summed E-state index contributed by atoms with van der Waals surface area (Å²) < 4.78 is 1.39. The van der Waals surface area contributed by atoms with Crippen LogP contribution in [0, 0.1) is 6.92 Å². The fourth-order valence-corrected chi connectivity index (χ4v) is 4.76. The summed E-state index contributed by atoms with van der Waals surface area (Å²) in [5.41, 5.74) is 2.40. The maximum absolute atomic E-state index is 12.7. The molecule has 2 aromatic heterocycles. The van der Waals surface area contributed by atoms with Gasteiger partial charge in [-0.1, -0.05) is 48.6 Å². The topological polar surface area (TPSA) is 79.6 Å². The van der Waals surface area contributed by atoms with E-state index in [0.717, 1.165) is 29.1 Å². The summed E-state index contributed by atoms with van der Waals surface area (Å²) >= 11 is 1.40. The quantitative estimate of drug-likeness (QED) is 0.734. The number of fused-ring (bicyclic) bond motifs is 1. The highest BCUT2D eigenvalue weighted by atomic mass is 32.1. The van der Waals surface area contributed by atoms with Crippen molar-refractivity contribution in [2.75, 3.05) is 6.54 Å². The Hall–Kier alpha value is -2.74. The second-order valence-electron chi connectivity index (χ2n) is 6.96. The molecule has 1 saturated heterocycles. The number of rotatable bonds is 4. The highest BCUT2D eigenvalue weighted by Gasteiger charge is 2.33. The van der Waals surface area contributed by atoms with Gasteiger partial charge in [-0.2, -0.15) is 9.61 Å². The highest BCUT2D eigenvalue weighted by Crippen LogP contribution is 2.34. The van der Waals surface area contributed by atoms with Crippen LogP contribution in [0.15, 0.2) is 35.1 Å². The minimum Gasteiger partial charge on any atom is -0.334 e. The maximum Gasteiger partial charge on any atom is 0.318 e. The lowest BCUT2D eigenvalue weighted by atomic mass is 10.2. The van der Waals surface area contributed by atoms with E-state index in [1.807, 2.05) is 49.1 Å². The molecule has 1 atom stereocenters. The molecule has 146 valence electrons. The predicted octanol–water partition coefficient (Wildman–Crippen LogP) is 3.07. The van der Waals surface area contributed by atoms with Gasteiger partial charge in [0.05, 0.1) is 6.04 Å². The van der Waals surface area contributed by atoms with E-state index >= 15 is 0 Å². The Morgan fingerprint density at radius 1 is 1.32 bits per heavy atom. The molecule has 4 rings (SSSR count). The molecule has 0 aliphatic carbocycles. The molecule has 1 aliphatic heterocycles. The van der Waals surface area contributed by atoms with Crippen LogP contribution in [0.3, 0.4) is 0 Å². The molecule has 8 heteroatoms. The first-order valence-electron chi connectivity index (χ1n) is 9.56. The van der Waals surface area contributed by atoms with E-state index < -0.39 is 0 Å². The van der Waals surface area contributed by atoms with Crippen molar-refractivity contribution in [2.45, 2.75) is 45.7 Å². The number of likely N-dealkylation sites (tertiary alicyclic amines) is 1. The van der Waals surface area contributed by atoms with Crippen LogP contribution in [0.1, 0.15) is 47.6 Å². The zero-order valence-electron chi connectivity index (χ0n) is 16.0. The van der Waals surface area contributed by atoms with E-state index in [-0.39, 0.29) is 17.6 Å². The van der Waals surface area contributed by atoms with Gasteiger partial charge in [0.1, 0.15) is 5.01 Å². The third-order valence-corrected chi connectivity index (χ3v) is 6.17. The predicted molar refractivity (Wildman–Crippen MR) is 109 cm³/mol. The van der Waals surface area contributed by atoms with Crippen molar-refractivity contribution < 1.29 is 4.79 Å². The van der Waals surface area contributed by atoms with E-state index in [2.05, 4.69) is 15.4 Å².